The van der Waals surface area contributed by atoms with Crippen LogP contribution in [0.25, 0.3) is 11.1 Å². The summed E-state index contributed by atoms with van der Waals surface area (Å²) in [6.07, 6.45) is 6.24. The summed E-state index contributed by atoms with van der Waals surface area (Å²) in [5.41, 5.74) is 8.33. The highest BCUT2D eigenvalue weighted by molar-refractivity contribution is 7.84. The Kier molecular flexibility index (Phi) is 5.40. The largest absolute Gasteiger partial charge is 0.494 e. The van der Waals surface area contributed by atoms with Gasteiger partial charge in [0.2, 0.25) is 0 Å². The molecule has 0 bridgehead atoms. The number of benzene rings is 2. The monoisotopic (exact) mass is 342 g/mol. The Morgan fingerprint density at radius 1 is 1.12 bits per heavy atom. The Morgan fingerprint density at radius 3 is 2.58 bits per heavy atom. The molecule has 1 aliphatic rings. The molecule has 3 heteroatoms. The predicted molar refractivity (Wildman–Crippen MR) is 102 cm³/mol. The number of rotatable bonds is 6. The molecule has 0 aromatic heterocycles. The maximum absolute atomic E-state index is 11.1. The van der Waals surface area contributed by atoms with Crippen molar-refractivity contribution in [3.63, 3.8) is 0 Å². The lowest BCUT2D eigenvalue weighted by atomic mass is 9.90. The van der Waals surface area contributed by atoms with Crippen LogP contribution in [0.4, 0.5) is 0 Å². The normalized spacial score (nSPS) is 14.5. The van der Waals surface area contributed by atoms with Crippen LogP contribution in [0, 0.1) is 13.8 Å². The molecule has 2 aromatic rings. The van der Waals surface area contributed by atoms with Gasteiger partial charge in [-0.3, -0.25) is 4.21 Å². The lowest BCUT2D eigenvalue weighted by Crippen LogP contribution is -2.04. The fraction of sp³-hybridized carbons (Fsp3) is 0.429. The van der Waals surface area contributed by atoms with Crippen molar-refractivity contribution in [2.45, 2.75) is 39.5 Å². The predicted octanol–water partition coefficient (Wildman–Crippen LogP) is 4.61. The van der Waals surface area contributed by atoms with Gasteiger partial charge in [-0.25, -0.2) is 0 Å². The lowest BCUT2D eigenvalue weighted by Gasteiger charge is -2.16. The third-order valence-electron chi connectivity index (χ3n) is 4.77. The third kappa shape index (κ3) is 3.72. The molecule has 1 atom stereocenters. The van der Waals surface area contributed by atoms with Crippen molar-refractivity contribution in [2.75, 3.05) is 18.6 Å². The van der Waals surface area contributed by atoms with E-state index in [9.17, 15) is 4.21 Å². The molecule has 128 valence electrons. The molecule has 3 rings (SSSR count). The van der Waals surface area contributed by atoms with Crippen molar-refractivity contribution in [1.29, 1.82) is 0 Å². The molecule has 0 saturated carbocycles. The van der Waals surface area contributed by atoms with Gasteiger partial charge in [0.1, 0.15) is 5.75 Å². The lowest BCUT2D eigenvalue weighted by molar-refractivity contribution is 0.318. The Hall–Kier alpha value is -1.61. The zero-order valence-corrected chi connectivity index (χ0v) is 15.7. The average molecular weight is 343 g/mol. The first kappa shape index (κ1) is 17.2. The van der Waals surface area contributed by atoms with Crippen LogP contribution in [0.1, 0.15) is 35.1 Å². The van der Waals surface area contributed by atoms with Gasteiger partial charge in [-0.2, -0.15) is 0 Å². The van der Waals surface area contributed by atoms with Crippen molar-refractivity contribution in [3.05, 3.63) is 52.6 Å². The van der Waals surface area contributed by atoms with Gasteiger partial charge in [-0.15, -0.1) is 0 Å². The van der Waals surface area contributed by atoms with Crippen molar-refractivity contribution in [3.8, 4) is 16.9 Å². The second-order valence-corrected chi connectivity index (χ2v) is 8.26. The van der Waals surface area contributed by atoms with Crippen LogP contribution in [0.2, 0.25) is 0 Å². The smallest absolute Gasteiger partial charge is 0.119 e. The van der Waals surface area contributed by atoms with Crippen LogP contribution >= 0.6 is 0 Å². The maximum Gasteiger partial charge on any atom is 0.119 e. The topological polar surface area (TPSA) is 26.3 Å². The summed E-state index contributed by atoms with van der Waals surface area (Å²) in [6, 6.07) is 11.0. The van der Waals surface area contributed by atoms with E-state index in [1.54, 1.807) is 6.26 Å². The van der Waals surface area contributed by atoms with Gasteiger partial charge >= 0.3 is 0 Å². The van der Waals surface area contributed by atoms with Gasteiger partial charge in [-0.1, -0.05) is 18.2 Å². The number of hydrogen-bond donors (Lipinski definition) is 0. The van der Waals surface area contributed by atoms with Crippen LogP contribution in [-0.2, 0) is 23.6 Å². The third-order valence-corrected chi connectivity index (χ3v) is 5.63. The number of fused-ring (bicyclic) bond motifs is 1. The molecule has 0 spiro atoms. The van der Waals surface area contributed by atoms with E-state index < -0.39 is 10.8 Å². The fourth-order valence-corrected chi connectivity index (χ4v) is 4.26. The van der Waals surface area contributed by atoms with Gasteiger partial charge in [0.05, 0.1) is 6.61 Å². The van der Waals surface area contributed by atoms with E-state index >= 15 is 0 Å². The Bertz CT molecular complexity index is 741. The van der Waals surface area contributed by atoms with Crippen molar-refractivity contribution >= 4 is 10.8 Å². The van der Waals surface area contributed by atoms with Gasteiger partial charge in [-0.05, 0) is 85.0 Å². The number of aryl methyl sites for hydroxylation is 3. The molecule has 2 aromatic carbocycles. The molecule has 2 nitrogen and oxygen atoms in total. The van der Waals surface area contributed by atoms with Crippen molar-refractivity contribution < 1.29 is 8.95 Å². The molecule has 0 radical (unpaired) electrons. The van der Waals surface area contributed by atoms with E-state index in [-0.39, 0.29) is 0 Å². The molecule has 0 saturated heterocycles. The highest BCUT2D eigenvalue weighted by Gasteiger charge is 2.18. The first-order valence-electron chi connectivity index (χ1n) is 8.71. The summed E-state index contributed by atoms with van der Waals surface area (Å²) in [7, 11) is -0.741. The molecule has 1 unspecified atom stereocenters. The molecule has 1 aliphatic carbocycles. The van der Waals surface area contributed by atoms with Crippen LogP contribution in [0.15, 0.2) is 30.3 Å². The summed E-state index contributed by atoms with van der Waals surface area (Å²) >= 11 is 0. The SMILES string of the molecule is Cc1cc(OCCCS(C)=O)cc(C)c1-c1cccc2c1CCC2. The zero-order valence-electron chi connectivity index (χ0n) is 14.9. The van der Waals surface area contributed by atoms with Gasteiger partial charge in [0.25, 0.3) is 0 Å². The highest BCUT2D eigenvalue weighted by Crippen LogP contribution is 2.37. The summed E-state index contributed by atoms with van der Waals surface area (Å²) < 4.78 is 17.0. The van der Waals surface area contributed by atoms with Gasteiger partial charge in [0, 0.05) is 22.8 Å². The second-order valence-electron chi connectivity index (χ2n) is 6.71. The van der Waals surface area contributed by atoms with Crippen LogP contribution in [-0.4, -0.2) is 22.8 Å². The summed E-state index contributed by atoms with van der Waals surface area (Å²) in [4.78, 5) is 0. The Morgan fingerprint density at radius 2 is 1.88 bits per heavy atom. The van der Waals surface area contributed by atoms with Crippen LogP contribution < -0.4 is 4.74 Å². The first-order valence-corrected chi connectivity index (χ1v) is 10.4. The fourth-order valence-electron chi connectivity index (χ4n) is 3.74. The molecule has 0 N–H and O–H groups in total. The quantitative estimate of drug-likeness (QED) is 0.717. The van der Waals surface area contributed by atoms with E-state index in [4.69, 9.17) is 4.74 Å². The summed E-state index contributed by atoms with van der Waals surface area (Å²) in [5.74, 6) is 1.62. The Labute approximate surface area is 147 Å². The van der Waals surface area contributed by atoms with E-state index in [0.717, 1.165) is 12.2 Å². The molecule has 0 heterocycles. The molecule has 0 amide bonds. The van der Waals surface area contributed by atoms with Crippen molar-refractivity contribution in [1.82, 2.24) is 0 Å². The van der Waals surface area contributed by atoms with Crippen molar-refractivity contribution in [2.24, 2.45) is 0 Å². The minimum atomic E-state index is -0.741. The number of ether oxygens (including phenoxy) is 1. The Balaban J connectivity index is 1.83. The standard InChI is InChI=1S/C21H26O2S/c1-15-13-18(23-11-6-12-24(3)22)14-16(2)21(15)20-10-5-8-17-7-4-9-19(17)20/h5,8,10,13-14H,4,6-7,9,11-12H2,1-3H3. The van der Waals surface area contributed by atoms with Gasteiger partial charge < -0.3 is 4.74 Å². The average Bonchev–Trinajstić information content (AvgIpc) is 3.00. The maximum atomic E-state index is 11.1. The first-order chi connectivity index (χ1) is 11.6. The molecular formula is C21H26O2S. The van der Waals surface area contributed by atoms with Gasteiger partial charge in [0.15, 0.2) is 0 Å². The summed E-state index contributed by atoms with van der Waals surface area (Å²) in [5, 5.41) is 0. The molecule has 24 heavy (non-hydrogen) atoms. The molecule has 0 fully saturated rings. The zero-order chi connectivity index (χ0) is 17.1. The minimum absolute atomic E-state index is 0.624. The van der Waals surface area contributed by atoms with E-state index in [1.807, 2.05) is 0 Å². The van der Waals surface area contributed by atoms with E-state index in [2.05, 4.69) is 44.2 Å². The molecule has 0 aliphatic heterocycles. The van der Waals surface area contributed by atoms with E-state index in [1.165, 1.54) is 52.6 Å². The number of hydrogen-bond acceptors (Lipinski definition) is 2. The summed E-state index contributed by atoms with van der Waals surface area (Å²) in [6.45, 7) is 4.97. The van der Waals surface area contributed by atoms with Crippen LogP contribution in [0.5, 0.6) is 5.75 Å². The molecular weight excluding hydrogens is 316 g/mol. The second kappa shape index (κ2) is 7.52. The highest BCUT2D eigenvalue weighted by atomic mass is 32.2. The van der Waals surface area contributed by atoms with Crippen LogP contribution in [0.3, 0.4) is 0 Å². The minimum Gasteiger partial charge on any atom is -0.494 e. The van der Waals surface area contributed by atoms with E-state index in [0.29, 0.717) is 12.4 Å².